The van der Waals surface area contributed by atoms with Gasteiger partial charge in [-0.1, -0.05) is 28.1 Å². The first-order valence-corrected chi connectivity index (χ1v) is 10.6. The van der Waals surface area contributed by atoms with Gasteiger partial charge < -0.3 is 23.7 Å². The molecule has 0 saturated heterocycles. The third kappa shape index (κ3) is 6.16. The maximum atomic E-state index is 13.0. The van der Waals surface area contributed by atoms with Gasteiger partial charge in [-0.25, -0.2) is 0 Å². The zero-order valence-corrected chi connectivity index (χ0v) is 19.3. The molecule has 7 heteroatoms. The van der Waals surface area contributed by atoms with Crippen molar-refractivity contribution in [2.24, 2.45) is 0 Å². The van der Waals surface area contributed by atoms with Crippen molar-refractivity contribution in [2.75, 3.05) is 40.4 Å². The highest BCUT2D eigenvalue weighted by atomic mass is 79.9. The highest BCUT2D eigenvalue weighted by Crippen LogP contribution is 2.35. The van der Waals surface area contributed by atoms with Crippen LogP contribution in [0, 0.1) is 0 Å². The van der Waals surface area contributed by atoms with Crippen molar-refractivity contribution in [3.8, 4) is 28.7 Å². The number of allylic oxidation sites excluding steroid dienone is 1. The third-order valence-corrected chi connectivity index (χ3v) is 4.92. The lowest BCUT2D eigenvalue weighted by atomic mass is 10.1. The number of carbonyl (C=O) groups excluding carboxylic acids is 1. The van der Waals surface area contributed by atoms with Crippen molar-refractivity contribution in [3.63, 3.8) is 0 Å². The zero-order valence-electron chi connectivity index (χ0n) is 17.7. The molecule has 0 heterocycles. The summed E-state index contributed by atoms with van der Waals surface area (Å²) in [6, 6.07) is 8.80. The number of rotatable bonds is 12. The molecule has 0 aliphatic carbocycles. The average Bonchev–Trinajstić information content (AvgIpc) is 2.79. The highest BCUT2D eigenvalue weighted by Gasteiger charge is 2.19. The lowest BCUT2D eigenvalue weighted by Gasteiger charge is -2.15. The van der Waals surface area contributed by atoms with Crippen LogP contribution in [0.5, 0.6) is 28.7 Å². The van der Waals surface area contributed by atoms with Gasteiger partial charge in [0.05, 0.1) is 35.0 Å². The number of ketones is 1. The summed E-state index contributed by atoms with van der Waals surface area (Å²) in [5, 5.41) is 0.900. The lowest BCUT2D eigenvalue weighted by Crippen LogP contribution is -2.07. The summed E-state index contributed by atoms with van der Waals surface area (Å²) >= 11 is 3.41. The fourth-order valence-corrected chi connectivity index (χ4v) is 3.19. The Morgan fingerprint density at radius 1 is 0.867 bits per heavy atom. The van der Waals surface area contributed by atoms with Crippen LogP contribution in [0.1, 0.15) is 28.8 Å². The molecule has 2 aromatic carbocycles. The SMILES string of the molecule is COc1cc(OC)c(C(=O)C=Cc2ccc(OC)c(OC)c2)c(OCCCCBr)c1. The third-order valence-electron chi connectivity index (χ3n) is 4.36. The number of hydrogen-bond donors (Lipinski definition) is 0. The number of carbonyl (C=O) groups is 1. The minimum absolute atomic E-state index is 0.236. The summed E-state index contributed by atoms with van der Waals surface area (Å²) in [5.74, 6) is 2.36. The zero-order chi connectivity index (χ0) is 21.9. The molecule has 0 atom stereocenters. The first-order valence-electron chi connectivity index (χ1n) is 9.47. The number of alkyl halides is 1. The van der Waals surface area contributed by atoms with Crippen LogP contribution in [0.4, 0.5) is 0 Å². The van der Waals surface area contributed by atoms with Crippen LogP contribution >= 0.6 is 15.9 Å². The molecule has 0 fully saturated rings. The molecule has 0 unspecified atom stereocenters. The molecule has 0 aliphatic heterocycles. The van der Waals surface area contributed by atoms with E-state index >= 15 is 0 Å². The predicted octanol–water partition coefficient (Wildman–Crippen LogP) is 5.17. The molecule has 0 spiro atoms. The minimum Gasteiger partial charge on any atom is -0.496 e. The maximum absolute atomic E-state index is 13.0. The Labute approximate surface area is 185 Å². The average molecular weight is 479 g/mol. The molecule has 0 amide bonds. The summed E-state index contributed by atoms with van der Waals surface area (Å²) in [6.45, 7) is 0.488. The number of benzene rings is 2. The van der Waals surface area contributed by atoms with Gasteiger partial charge in [0.15, 0.2) is 17.3 Å². The summed E-state index contributed by atoms with van der Waals surface area (Å²) in [7, 11) is 6.21. The van der Waals surface area contributed by atoms with Gasteiger partial charge in [0, 0.05) is 17.5 Å². The van der Waals surface area contributed by atoms with Crippen molar-refractivity contribution in [1.82, 2.24) is 0 Å². The molecular weight excluding hydrogens is 452 g/mol. The van der Waals surface area contributed by atoms with Crippen molar-refractivity contribution in [2.45, 2.75) is 12.8 Å². The second-order valence-electron chi connectivity index (χ2n) is 6.26. The van der Waals surface area contributed by atoms with Crippen LogP contribution in [0.25, 0.3) is 6.08 Å². The normalized spacial score (nSPS) is 10.7. The molecule has 2 aromatic rings. The van der Waals surface area contributed by atoms with Gasteiger partial charge in [0.2, 0.25) is 0 Å². The number of ether oxygens (including phenoxy) is 5. The van der Waals surface area contributed by atoms with Gasteiger partial charge in [-0.05, 0) is 36.6 Å². The topological polar surface area (TPSA) is 63.2 Å². The van der Waals surface area contributed by atoms with Crippen molar-refractivity contribution in [1.29, 1.82) is 0 Å². The molecule has 0 aliphatic rings. The van der Waals surface area contributed by atoms with E-state index in [9.17, 15) is 4.79 Å². The Balaban J connectivity index is 2.33. The maximum Gasteiger partial charge on any atom is 0.193 e. The molecule has 30 heavy (non-hydrogen) atoms. The summed E-state index contributed by atoms with van der Waals surface area (Å²) in [4.78, 5) is 13.0. The fraction of sp³-hybridized carbons (Fsp3) is 0.348. The molecule has 0 aromatic heterocycles. The molecule has 0 saturated carbocycles. The van der Waals surface area contributed by atoms with E-state index in [-0.39, 0.29) is 5.78 Å². The smallest absolute Gasteiger partial charge is 0.193 e. The van der Waals surface area contributed by atoms with Gasteiger partial charge in [-0.15, -0.1) is 0 Å². The van der Waals surface area contributed by atoms with E-state index in [2.05, 4.69) is 15.9 Å². The number of halogens is 1. The summed E-state index contributed by atoms with van der Waals surface area (Å²) in [5.41, 5.74) is 1.15. The van der Waals surface area contributed by atoms with Gasteiger partial charge >= 0.3 is 0 Å². The predicted molar refractivity (Wildman–Crippen MR) is 121 cm³/mol. The van der Waals surface area contributed by atoms with Crippen LogP contribution in [0.15, 0.2) is 36.4 Å². The van der Waals surface area contributed by atoms with Gasteiger partial charge in [0.1, 0.15) is 22.8 Å². The second kappa shape index (κ2) is 12.1. The Morgan fingerprint density at radius 3 is 2.20 bits per heavy atom. The van der Waals surface area contributed by atoms with Gasteiger partial charge in [0.25, 0.3) is 0 Å². The van der Waals surface area contributed by atoms with E-state index in [1.807, 2.05) is 6.07 Å². The van der Waals surface area contributed by atoms with E-state index in [0.717, 1.165) is 23.7 Å². The standard InChI is InChI=1S/C23H27BrO6/c1-26-17-14-21(29-4)23(22(15-17)30-12-6-5-11-24)18(25)9-7-16-8-10-19(27-2)20(13-16)28-3/h7-10,13-15H,5-6,11-12H2,1-4H3. The molecule has 0 bridgehead atoms. The van der Waals surface area contributed by atoms with Crippen LogP contribution < -0.4 is 23.7 Å². The van der Waals surface area contributed by atoms with Crippen LogP contribution in [0.3, 0.4) is 0 Å². The highest BCUT2D eigenvalue weighted by molar-refractivity contribution is 9.09. The Morgan fingerprint density at radius 2 is 1.57 bits per heavy atom. The lowest BCUT2D eigenvalue weighted by molar-refractivity contribution is 0.104. The van der Waals surface area contributed by atoms with Crippen molar-refractivity contribution >= 4 is 27.8 Å². The Bertz CT molecular complexity index is 878. The Kier molecular flexibility index (Phi) is 9.54. The molecule has 0 radical (unpaired) electrons. The summed E-state index contributed by atoms with van der Waals surface area (Å²) in [6.07, 6.45) is 5.03. The largest absolute Gasteiger partial charge is 0.496 e. The van der Waals surface area contributed by atoms with Crippen molar-refractivity contribution in [3.05, 3.63) is 47.5 Å². The second-order valence-corrected chi connectivity index (χ2v) is 7.05. The van der Waals surface area contributed by atoms with Crippen LogP contribution in [0.2, 0.25) is 0 Å². The molecule has 0 N–H and O–H groups in total. The fourth-order valence-electron chi connectivity index (χ4n) is 2.79. The van der Waals surface area contributed by atoms with Crippen LogP contribution in [-0.2, 0) is 0 Å². The molecule has 2 rings (SSSR count). The van der Waals surface area contributed by atoms with E-state index < -0.39 is 0 Å². The number of hydrogen-bond acceptors (Lipinski definition) is 6. The van der Waals surface area contributed by atoms with Gasteiger partial charge in [-0.3, -0.25) is 4.79 Å². The summed E-state index contributed by atoms with van der Waals surface area (Å²) < 4.78 is 27.2. The first-order chi connectivity index (χ1) is 14.6. The molecule has 6 nitrogen and oxygen atoms in total. The number of methoxy groups -OCH3 is 4. The van der Waals surface area contributed by atoms with Crippen LogP contribution in [-0.4, -0.2) is 46.2 Å². The molecular formula is C23H27BrO6. The first kappa shape index (κ1) is 23.6. The van der Waals surface area contributed by atoms with E-state index in [1.165, 1.54) is 13.2 Å². The quantitative estimate of drug-likeness (QED) is 0.181. The molecule has 162 valence electrons. The van der Waals surface area contributed by atoms with Crippen molar-refractivity contribution < 1.29 is 28.5 Å². The van der Waals surface area contributed by atoms with E-state index in [4.69, 9.17) is 23.7 Å². The van der Waals surface area contributed by atoms with Gasteiger partial charge in [-0.2, -0.15) is 0 Å². The van der Waals surface area contributed by atoms with E-state index in [1.54, 1.807) is 51.7 Å². The monoisotopic (exact) mass is 478 g/mol. The minimum atomic E-state index is -0.236. The number of unbranched alkanes of at least 4 members (excludes halogenated alkanes) is 1. The Hall–Kier alpha value is -2.67. The van der Waals surface area contributed by atoms with E-state index in [0.29, 0.717) is 40.9 Å².